The zero-order chi connectivity index (χ0) is 26.8. The maximum atomic E-state index is 12.2. The van der Waals surface area contributed by atoms with Crippen LogP contribution in [0.25, 0.3) is 11.1 Å². The van der Waals surface area contributed by atoms with Crippen molar-refractivity contribution in [3.05, 3.63) is 66.8 Å². The van der Waals surface area contributed by atoms with Crippen LogP contribution in [0.15, 0.2) is 61.2 Å². The van der Waals surface area contributed by atoms with Crippen LogP contribution >= 0.6 is 0 Å². The number of anilines is 4. The first-order chi connectivity index (χ1) is 19.1. The summed E-state index contributed by atoms with van der Waals surface area (Å²) in [7, 11) is 1.72. The molecule has 2 saturated heterocycles. The fourth-order valence-electron chi connectivity index (χ4n) is 5.50. The maximum Gasteiger partial charge on any atom is 0.227 e. The number of aromatic nitrogens is 2. The van der Waals surface area contributed by atoms with Crippen LogP contribution in [0.2, 0.25) is 0 Å². The Hall–Kier alpha value is -4.11. The largest absolute Gasteiger partial charge is 0.488 e. The van der Waals surface area contributed by atoms with E-state index in [9.17, 15) is 4.79 Å². The summed E-state index contributed by atoms with van der Waals surface area (Å²) in [5, 5.41) is 3.42. The molecule has 1 N–H and O–H groups in total. The highest BCUT2D eigenvalue weighted by Crippen LogP contribution is 2.40. The van der Waals surface area contributed by atoms with Crippen molar-refractivity contribution in [3.63, 3.8) is 0 Å². The topological polar surface area (TPSA) is 83.1 Å². The highest BCUT2D eigenvalue weighted by atomic mass is 16.5. The number of methoxy groups -OCH3 is 1. The lowest BCUT2D eigenvalue weighted by Crippen LogP contribution is -2.45. The number of rotatable bonds is 8. The van der Waals surface area contributed by atoms with Crippen LogP contribution in [0.5, 0.6) is 5.75 Å². The number of pyridine rings is 2. The van der Waals surface area contributed by atoms with E-state index < -0.39 is 0 Å². The van der Waals surface area contributed by atoms with Crippen LogP contribution in [0.1, 0.15) is 24.8 Å². The molecule has 9 nitrogen and oxygen atoms in total. The Bertz CT molecular complexity index is 1380. The van der Waals surface area contributed by atoms with Crippen molar-refractivity contribution < 1.29 is 14.3 Å². The summed E-state index contributed by atoms with van der Waals surface area (Å²) in [5.74, 6) is 1.72. The van der Waals surface area contributed by atoms with E-state index in [0.29, 0.717) is 19.6 Å². The quantitative estimate of drug-likeness (QED) is 0.457. The van der Waals surface area contributed by atoms with Crippen molar-refractivity contribution in [2.75, 3.05) is 61.6 Å². The predicted molar refractivity (Wildman–Crippen MR) is 153 cm³/mol. The van der Waals surface area contributed by atoms with Crippen LogP contribution in [0.3, 0.4) is 0 Å². The summed E-state index contributed by atoms with van der Waals surface area (Å²) < 4.78 is 11.3. The molecule has 0 saturated carbocycles. The number of carbonyl (C=O) groups excluding carboxylic acids is 1. The van der Waals surface area contributed by atoms with Crippen molar-refractivity contribution in [1.82, 2.24) is 14.9 Å². The molecule has 0 unspecified atom stereocenters. The Labute approximate surface area is 229 Å². The zero-order valence-corrected chi connectivity index (χ0v) is 22.4. The number of carbonyl (C=O) groups is 1. The van der Waals surface area contributed by atoms with Gasteiger partial charge in [-0.05, 0) is 30.7 Å². The van der Waals surface area contributed by atoms with E-state index in [-0.39, 0.29) is 5.91 Å². The predicted octanol–water partition coefficient (Wildman–Crippen LogP) is 4.58. The summed E-state index contributed by atoms with van der Waals surface area (Å²) >= 11 is 0. The summed E-state index contributed by atoms with van der Waals surface area (Å²) in [6, 6.07) is 10.2. The molecule has 9 heteroatoms. The van der Waals surface area contributed by atoms with Gasteiger partial charge in [0.05, 0.1) is 30.4 Å². The summed E-state index contributed by atoms with van der Waals surface area (Å²) in [4.78, 5) is 27.9. The third kappa shape index (κ3) is 5.27. The third-order valence-corrected chi connectivity index (χ3v) is 7.70. The third-order valence-electron chi connectivity index (χ3n) is 7.70. The van der Waals surface area contributed by atoms with Crippen molar-refractivity contribution in [3.8, 4) is 16.9 Å². The van der Waals surface area contributed by atoms with Crippen molar-refractivity contribution in [2.45, 2.75) is 25.9 Å². The van der Waals surface area contributed by atoms with E-state index in [4.69, 9.17) is 14.5 Å². The molecule has 6 rings (SSSR count). The lowest BCUT2D eigenvalue weighted by atomic mass is 9.98. The molecule has 39 heavy (non-hydrogen) atoms. The van der Waals surface area contributed by atoms with E-state index in [1.54, 1.807) is 7.11 Å². The van der Waals surface area contributed by atoms with E-state index in [2.05, 4.69) is 32.7 Å². The van der Waals surface area contributed by atoms with Crippen LogP contribution < -0.4 is 19.9 Å². The smallest absolute Gasteiger partial charge is 0.227 e. The minimum Gasteiger partial charge on any atom is -0.488 e. The number of nitrogens with one attached hydrogen (secondary N) is 1. The van der Waals surface area contributed by atoms with Gasteiger partial charge in [0, 0.05) is 93.0 Å². The molecule has 0 aliphatic carbocycles. The molecule has 202 valence electrons. The van der Waals surface area contributed by atoms with Gasteiger partial charge in [-0.2, -0.15) is 0 Å². The second-order valence-corrected chi connectivity index (χ2v) is 10.2. The molecule has 0 bridgehead atoms. The average Bonchev–Trinajstić information content (AvgIpc) is 3.41. The van der Waals surface area contributed by atoms with Gasteiger partial charge in [-0.25, -0.2) is 4.98 Å². The molecule has 3 aromatic rings. The van der Waals surface area contributed by atoms with Crippen LogP contribution in [0.4, 0.5) is 22.9 Å². The minimum atomic E-state index is 0.174. The summed E-state index contributed by atoms with van der Waals surface area (Å²) in [5.41, 5.74) is 7.14. The molecule has 2 aromatic heterocycles. The summed E-state index contributed by atoms with van der Waals surface area (Å²) in [6.07, 6.45) is 8.01. The monoisotopic (exact) mass is 526 g/mol. The summed E-state index contributed by atoms with van der Waals surface area (Å²) in [6.45, 7) is 9.84. The number of hydrogen-bond donors (Lipinski definition) is 1. The number of fused-ring (bicyclic) bond motifs is 3. The maximum absolute atomic E-state index is 12.2. The number of piperazine rings is 1. The number of hydrogen-bond acceptors (Lipinski definition) is 8. The van der Waals surface area contributed by atoms with E-state index >= 15 is 0 Å². The van der Waals surface area contributed by atoms with Gasteiger partial charge in [0.25, 0.3) is 0 Å². The molecule has 3 aliphatic heterocycles. The second kappa shape index (κ2) is 10.9. The van der Waals surface area contributed by atoms with E-state index in [0.717, 1.165) is 96.6 Å². The fourth-order valence-corrected chi connectivity index (χ4v) is 5.50. The average molecular weight is 527 g/mol. The molecule has 0 spiro atoms. The van der Waals surface area contributed by atoms with Gasteiger partial charge in [0.1, 0.15) is 18.2 Å². The molecule has 1 amide bonds. The Morgan fingerprint density at radius 1 is 1.05 bits per heavy atom. The number of amides is 1. The molecular formula is C30H34N6O3. The first-order valence-corrected chi connectivity index (χ1v) is 13.5. The van der Waals surface area contributed by atoms with Crippen molar-refractivity contribution in [1.29, 1.82) is 0 Å². The standard InChI is InChI=1S/C30H34N6O3/c1-21(7-13-38-2)34-9-11-35(12-10-34)25-15-23(17-31-18-25)33-29-14-22-20-39-28-16-24(36-8-3-4-30(36)37)5-6-26(28)27(22)19-32-29/h5-6,14-19H,1,3-4,7-13,20H2,2H3,(H,32,33). The second-order valence-electron chi connectivity index (χ2n) is 10.2. The van der Waals surface area contributed by atoms with Crippen molar-refractivity contribution >= 4 is 28.8 Å². The first-order valence-electron chi connectivity index (χ1n) is 13.5. The van der Waals surface area contributed by atoms with E-state index in [1.807, 2.05) is 47.8 Å². The SMILES string of the molecule is C=C(CCOC)N1CCN(c2cncc(Nc3cc4c(cn3)-c3ccc(N5CCCC5=O)cc3OC4)c2)CC1. The number of nitrogens with zero attached hydrogens (tertiary/aromatic N) is 5. The lowest BCUT2D eigenvalue weighted by molar-refractivity contribution is -0.117. The van der Waals surface area contributed by atoms with Gasteiger partial charge in [-0.3, -0.25) is 9.78 Å². The van der Waals surface area contributed by atoms with Gasteiger partial charge in [-0.1, -0.05) is 6.58 Å². The van der Waals surface area contributed by atoms with E-state index in [1.165, 1.54) is 0 Å². The Morgan fingerprint density at radius 3 is 2.72 bits per heavy atom. The molecule has 0 atom stereocenters. The molecule has 0 radical (unpaired) electrons. The number of ether oxygens (including phenoxy) is 2. The highest BCUT2D eigenvalue weighted by molar-refractivity contribution is 5.96. The van der Waals surface area contributed by atoms with Crippen molar-refractivity contribution in [2.24, 2.45) is 0 Å². The first kappa shape index (κ1) is 25.2. The molecule has 2 fully saturated rings. The highest BCUT2D eigenvalue weighted by Gasteiger charge is 2.25. The van der Waals surface area contributed by atoms with Gasteiger partial charge < -0.3 is 29.5 Å². The molecular weight excluding hydrogens is 492 g/mol. The minimum absolute atomic E-state index is 0.174. The Balaban J connectivity index is 1.12. The van der Waals surface area contributed by atoms with Crippen LogP contribution in [-0.4, -0.2) is 67.2 Å². The lowest BCUT2D eigenvalue weighted by Gasteiger charge is -2.38. The van der Waals surface area contributed by atoms with Gasteiger partial charge >= 0.3 is 0 Å². The van der Waals surface area contributed by atoms with Crippen LogP contribution in [-0.2, 0) is 16.1 Å². The Kier molecular flexibility index (Phi) is 7.06. The fraction of sp³-hybridized carbons (Fsp3) is 0.367. The van der Waals surface area contributed by atoms with Gasteiger partial charge in [-0.15, -0.1) is 0 Å². The molecule has 1 aromatic carbocycles. The zero-order valence-electron chi connectivity index (χ0n) is 22.4. The Morgan fingerprint density at radius 2 is 1.92 bits per heavy atom. The normalized spacial score (nSPS) is 16.5. The van der Waals surface area contributed by atoms with Gasteiger partial charge in [0.15, 0.2) is 0 Å². The van der Waals surface area contributed by atoms with Gasteiger partial charge in [0.2, 0.25) is 5.91 Å². The molecule has 3 aliphatic rings. The molecule has 5 heterocycles. The number of benzene rings is 1. The van der Waals surface area contributed by atoms with Crippen LogP contribution in [0, 0.1) is 0 Å².